The van der Waals surface area contributed by atoms with Gasteiger partial charge in [-0.3, -0.25) is 0 Å². The Hall–Kier alpha value is -1.46. The molecule has 1 aromatic rings. The van der Waals surface area contributed by atoms with Gasteiger partial charge < -0.3 is 20.3 Å². The Kier molecular flexibility index (Phi) is 4.74. The van der Waals surface area contributed by atoms with Gasteiger partial charge in [0.25, 0.3) is 0 Å². The average Bonchev–Trinajstić information content (AvgIpc) is 3.10. The van der Waals surface area contributed by atoms with Crippen LogP contribution >= 0.6 is 11.6 Å². The molecule has 0 radical (unpaired) electrons. The van der Waals surface area contributed by atoms with Crippen LogP contribution in [0.1, 0.15) is 19.8 Å². The zero-order chi connectivity index (χ0) is 15.5. The molecule has 0 saturated carbocycles. The van der Waals surface area contributed by atoms with E-state index >= 15 is 0 Å². The number of nitrogens with zero attached hydrogens (tertiary/aromatic N) is 1. The van der Waals surface area contributed by atoms with E-state index in [0.29, 0.717) is 0 Å². The summed E-state index contributed by atoms with van der Waals surface area (Å²) >= 11 is 5.91. The van der Waals surface area contributed by atoms with Gasteiger partial charge >= 0.3 is 6.03 Å². The third-order valence-electron chi connectivity index (χ3n) is 4.41. The molecule has 6 heteroatoms. The molecule has 22 heavy (non-hydrogen) atoms. The third-order valence-corrected chi connectivity index (χ3v) is 4.66. The van der Waals surface area contributed by atoms with E-state index < -0.39 is 0 Å². The van der Waals surface area contributed by atoms with E-state index in [4.69, 9.17) is 16.3 Å². The maximum atomic E-state index is 12.1. The van der Waals surface area contributed by atoms with E-state index in [1.165, 1.54) is 0 Å². The maximum absolute atomic E-state index is 12.1. The number of anilines is 1. The van der Waals surface area contributed by atoms with E-state index in [2.05, 4.69) is 15.5 Å². The molecule has 2 amide bonds. The molecular formula is C16H22ClN3O2. The lowest BCUT2D eigenvalue weighted by Crippen LogP contribution is -2.48. The fourth-order valence-electron chi connectivity index (χ4n) is 3.08. The van der Waals surface area contributed by atoms with Gasteiger partial charge in [-0.2, -0.15) is 0 Å². The number of halogens is 1. The third kappa shape index (κ3) is 3.65. The molecule has 2 heterocycles. The number of urea groups is 1. The molecule has 3 rings (SSSR count). The Bertz CT molecular complexity index is 523. The summed E-state index contributed by atoms with van der Waals surface area (Å²) in [7, 11) is 0. The minimum atomic E-state index is -0.0923. The smallest absolute Gasteiger partial charge is 0.315 e. The van der Waals surface area contributed by atoms with Crippen molar-refractivity contribution in [2.24, 2.45) is 0 Å². The number of carbonyl (C=O) groups excluding carboxylic acids is 1. The Morgan fingerprint density at radius 2 is 2.05 bits per heavy atom. The normalized spacial score (nSPS) is 27.9. The van der Waals surface area contributed by atoms with Crippen LogP contribution in [-0.2, 0) is 4.74 Å². The van der Waals surface area contributed by atoms with Crippen molar-refractivity contribution in [3.05, 3.63) is 29.3 Å². The van der Waals surface area contributed by atoms with Gasteiger partial charge in [0.2, 0.25) is 0 Å². The van der Waals surface area contributed by atoms with Crippen molar-refractivity contribution < 1.29 is 9.53 Å². The highest BCUT2D eigenvalue weighted by molar-refractivity contribution is 6.30. The Balaban J connectivity index is 1.48. The van der Waals surface area contributed by atoms with Crippen molar-refractivity contribution in [2.75, 3.05) is 24.6 Å². The van der Waals surface area contributed by atoms with E-state index in [1.54, 1.807) is 0 Å². The van der Waals surface area contributed by atoms with Crippen LogP contribution in [0.2, 0.25) is 5.02 Å². The fourth-order valence-corrected chi connectivity index (χ4v) is 3.21. The average molecular weight is 324 g/mol. The second-order valence-electron chi connectivity index (χ2n) is 6.00. The highest BCUT2D eigenvalue weighted by atomic mass is 35.5. The summed E-state index contributed by atoms with van der Waals surface area (Å²) < 4.78 is 5.46. The summed E-state index contributed by atoms with van der Waals surface area (Å²) in [6.45, 7) is 4.48. The summed E-state index contributed by atoms with van der Waals surface area (Å²) in [5.74, 6) is 0. The molecule has 120 valence electrons. The second kappa shape index (κ2) is 6.75. The summed E-state index contributed by atoms with van der Waals surface area (Å²) in [5, 5.41) is 6.81. The molecule has 1 aromatic carbocycles. The molecule has 0 aromatic heterocycles. The van der Waals surface area contributed by atoms with Crippen LogP contribution in [0.25, 0.3) is 0 Å². The zero-order valence-electron chi connectivity index (χ0n) is 12.7. The molecule has 5 nitrogen and oxygen atoms in total. The number of benzene rings is 1. The van der Waals surface area contributed by atoms with Crippen LogP contribution in [0.3, 0.4) is 0 Å². The number of nitrogens with one attached hydrogen (secondary N) is 2. The molecule has 3 atom stereocenters. The van der Waals surface area contributed by atoms with Gasteiger partial charge in [0.05, 0.1) is 12.1 Å². The number of ether oxygens (including phenoxy) is 1. The van der Waals surface area contributed by atoms with E-state index in [0.717, 1.165) is 43.2 Å². The Labute approximate surface area is 136 Å². The molecule has 2 saturated heterocycles. The van der Waals surface area contributed by atoms with Gasteiger partial charge in [0.15, 0.2) is 0 Å². The number of amides is 2. The first-order valence-electron chi connectivity index (χ1n) is 7.81. The van der Waals surface area contributed by atoms with Crippen molar-refractivity contribution in [2.45, 2.75) is 38.0 Å². The SMILES string of the molecule is C[C@@H]1OCC[C@@H]1NC(=O)N[C@H]1CCN(c2ccc(Cl)cc2)C1. The van der Waals surface area contributed by atoms with Crippen molar-refractivity contribution in [1.82, 2.24) is 10.6 Å². The first kappa shape index (κ1) is 15.4. The number of hydrogen-bond donors (Lipinski definition) is 2. The fraction of sp³-hybridized carbons (Fsp3) is 0.562. The van der Waals surface area contributed by atoms with Gasteiger partial charge in [-0.1, -0.05) is 11.6 Å². The van der Waals surface area contributed by atoms with E-state index in [1.807, 2.05) is 31.2 Å². The van der Waals surface area contributed by atoms with Crippen LogP contribution in [0.5, 0.6) is 0 Å². The molecule has 0 spiro atoms. The Morgan fingerprint density at radius 3 is 2.73 bits per heavy atom. The number of hydrogen-bond acceptors (Lipinski definition) is 3. The molecule has 0 unspecified atom stereocenters. The monoisotopic (exact) mass is 323 g/mol. The predicted octanol–water partition coefficient (Wildman–Crippen LogP) is 2.40. The van der Waals surface area contributed by atoms with Crippen LogP contribution < -0.4 is 15.5 Å². The van der Waals surface area contributed by atoms with E-state index in [-0.39, 0.29) is 24.2 Å². The van der Waals surface area contributed by atoms with Crippen LogP contribution in [0, 0.1) is 0 Å². The van der Waals surface area contributed by atoms with Gasteiger partial charge in [-0.25, -0.2) is 4.79 Å². The Morgan fingerprint density at radius 1 is 1.27 bits per heavy atom. The first-order valence-corrected chi connectivity index (χ1v) is 8.19. The van der Waals surface area contributed by atoms with Gasteiger partial charge in [-0.05, 0) is 44.0 Å². The molecule has 2 aliphatic heterocycles. The molecule has 2 fully saturated rings. The largest absolute Gasteiger partial charge is 0.376 e. The van der Waals surface area contributed by atoms with Crippen LogP contribution in [0.4, 0.5) is 10.5 Å². The minimum absolute atomic E-state index is 0.0923. The lowest BCUT2D eigenvalue weighted by molar-refractivity contribution is 0.114. The van der Waals surface area contributed by atoms with Crippen LogP contribution in [0.15, 0.2) is 24.3 Å². The highest BCUT2D eigenvalue weighted by Gasteiger charge is 2.28. The van der Waals surface area contributed by atoms with Crippen molar-refractivity contribution in [3.8, 4) is 0 Å². The standard InChI is InChI=1S/C16H22ClN3O2/c1-11-15(7-9-22-11)19-16(21)18-13-6-8-20(10-13)14-4-2-12(17)3-5-14/h2-5,11,13,15H,6-10H2,1H3,(H2,18,19,21)/t11-,13-,15-/m0/s1. The summed E-state index contributed by atoms with van der Waals surface area (Å²) in [5.41, 5.74) is 1.15. The topological polar surface area (TPSA) is 53.6 Å². The molecular weight excluding hydrogens is 302 g/mol. The van der Waals surface area contributed by atoms with Crippen LogP contribution in [-0.4, -0.2) is 43.9 Å². The highest BCUT2D eigenvalue weighted by Crippen LogP contribution is 2.22. The van der Waals surface area contributed by atoms with E-state index in [9.17, 15) is 4.79 Å². The molecule has 2 N–H and O–H groups in total. The molecule has 0 bridgehead atoms. The molecule has 0 aliphatic carbocycles. The van der Waals surface area contributed by atoms with Gasteiger partial charge in [-0.15, -0.1) is 0 Å². The maximum Gasteiger partial charge on any atom is 0.315 e. The lowest BCUT2D eigenvalue weighted by Gasteiger charge is -2.21. The molecule has 2 aliphatic rings. The summed E-state index contributed by atoms with van der Waals surface area (Å²) in [4.78, 5) is 14.3. The number of carbonyl (C=O) groups is 1. The first-order chi connectivity index (χ1) is 10.6. The summed E-state index contributed by atoms with van der Waals surface area (Å²) in [6, 6.07) is 8.02. The summed E-state index contributed by atoms with van der Waals surface area (Å²) in [6.07, 6.45) is 1.93. The predicted molar refractivity (Wildman–Crippen MR) is 87.6 cm³/mol. The van der Waals surface area contributed by atoms with Crippen molar-refractivity contribution >= 4 is 23.3 Å². The van der Waals surface area contributed by atoms with Crippen molar-refractivity contribution in [1.29, 1.82) is 0 Å². The quantitative estimate of drug-likeness (QED) is 0.898. The number of rotatable bonds is 3. The lowest BCUT2D eigenvalue weighted by atomic mass is 10.2. The van der Waals surface area contributed by atoms with Crippen molar-refractivity contribution in [3.63, 3.8) is 0 Å². The zero-order valence-corrected chi connectivity index (χ0v) is 13.5. The second-order valence-corrected chi connectivity index (χ2v) is 6.43. The van der Waals surface area contributed by atoms with Gasteiger partial charge in [0.1, 0.15) is 0 Å². The minimum Gasteiger partial charge on any atom is -0.376 e. The van der Waals surface area contributed by atoms with Gasteiger partial charge in [0, 0.05) is 36.4 Å².